The maximum absolute atomic E-state index is 8.67. The minimum Gasteiger partial charge on any atom is -0.395 e. The van der Waals surface area contributed by atoms with Crippen LogP contribution in [0.2, 0.25) is 0 Å². The van der Waals surface area contributed by atoms with Gasteiger partial charge < -0.3 is 16.2 Å². The maximum Gasteiger partial charge on any atom is 0.0594 e. The van der Waals surface area contributed by atoms with E-state index in [2.05, 4.69) is 17.4 Å². The third kappa shape index (κ3) is 4.03. The molecule has 0 heterocycles. The average Bonchev–Trinajstić information content (AvgIpc) is 2.19. The zero-order valence-electron chi connectivity index (χ0n) is 7.61. The second kappa shape index (κ2) is 5.70. The fraction of sp³-hybridized carbons (Fsp3) is 0.400. The van der Waals surface area contributed by atoms with Gasteiger partial charge >= 0.3 is 0 Å². The highest BCUT2D eigenvalue weighted by Crippen LogP contribution is 1.96. The molecule has 0 radical (unpaired) electrons. The lowest BCUT2D eigenvalue weighted by Gasteiger charge is -2.09. The Kier molecular flexibility index (Phi) is 4.46. The van der Waals surface area contributed by atoms with E-state index in [4.69, 9.17) is 10.8 Å². The van der Waals surface area contributed by atoms with Crippen molar-refractivity contribution in [1.82, 2.24) is 5.32 Å². The summed E-state index contributed by atoms with van der Waals surface area (Å²) in [6, 6.07) is 9.94. The molecule has 0 fully saturated rings. The van der Waals surface area contributed by atoms with Gasteiger partial charge in [-0.25, -0.2) is 0 Å². The van der Waals surface area contributed by atoms with Crippen molar-refractivity contribution in [2.24, 2.45) is 5.73 Å². The maximum atomic E-state index is 8.67. The topological polar surface area (TPSA) is 58.3 Å². The minimum atomic E-state index is -0.163. The number of aliphatic hydroxyl groups excluding tert-OH is 1. The third-order valence-corrected chi connectivity index (χ3v) is 1.81. The largest absolute Gasteiger partial charge is 0.395 e. The van der Waals surface area contributed by atoms with Crippen LogP contribution in [0, 0.1) is 0 Å². The Hall–Kier alpha value is -0.900. The van der Waals surface area contributed by atoms with E-state index < -0.39 is 0 Å². The molecule has 4 N–H and O–H groups in total. The van der Waals surface area contributed by atoms with Gasteiger partial charge in [0, 0.05) is 19.1 Å². The summed E-state index contributed by atoms with van der Waals surface area (Å²) in [5.74, 6) is 0. The van der Waals surface area contributed by atoms with Gasteiger partial charge in [-0.15, -0.1) is 0 Å². The standard InChI is InChI=1S/C10H16N2O/c11-10(8-13)7-12-6-9-4-2-1-3-5-9/h1-5,10,12-13H,6-8,11H2. The first-order valence-electron chi connectivity index (χ1n) is 4.44. The van der Waals surface area contributed by atoms with Gasteiger partial charge in [0.05, 0.1) is 6.61 Å². The predicted octanol–water partition coefficient (Wildman–Crippen LogP) is 0.0958. The number of hydrogen-bond donors (Lipinski definition) is 3. The number of benzene rings is 1. The highest BCUT2D eigenvalue weighted by Gasteiger charge is 1.98. The summed E-state index contributed by atoms with van der Waals surface area (Å²) >= 11 is 0. The molecule has 1 aromatic carbocycles. The van der Waals surface area contributed by atoms with E-state index in [-0.39, 0.29) is 12.6 Å². The quantitative estimate of drug-likeness (QED) is 0.602. The van der Waals surface area contributed by atoms with E-state index >= 15 is 0 Å². The van der Waals surface area contributed by atoms with Crippen LogP contribution in [0.4, 0.5) is 0 Å². The first-order valence-corrected chi connectivity index (χ1v) is 4.44. The van der Waals surface area contributed by atoms with E-state index in [0.717, 1.165) is 6.54 Å². The van der Waals surface area contributed by atoms with Crippen LogP contribution in [0.15, 0.2) is 30.3 Å². The molecule has 3 nitrogen and oxygen atoms in total. The Balaban J connectivity index is 2.20. The number of nitrogens with one attached hydrogen (secondary N) is 1. The molecular formula is C10H16N2O. The van der Waals surface area contributed by atoms with Crippen LogP contribution in [0.1, 0.15) is 5.56 Å². The van der Waals surface area contributed by atoms with Crippen molar-refractivity contribution in [3.63, 3.8) is 0 Å². The smallest absolute Gasteiger partial charge is 0.0594 e. The summed E-state index contributed by atoms with van der Waals surface area (Å²) in [6.45, 7) is 1.47. The second-order valence-corrected chi connectivity index (χ2v) is 3.06. The lowest BCUT2D eigenvalue weighted by molar-refractivity contribution is 0.262. The molecule has 0 spiro atoms. The van der Waals surface area contributed by atoms with Gasteiger partial charge in [0.15, 0.2) is 0 Å². The molecule has 0 aromatic heterocycles. The van der Waals surface area contributed by atoms with Gasteiger partial charge in [-0.05, 0) is 5.56 Å². The van der Waals surface area contributed by atoms with Crippen LogP contribution in [-0.2, 0) is 6.54 Å². The number of nitrogens with two attached hydrogens (primary N) is 1. The minimum absolute atomic E-state index is 0.0296. The van der Waals surface area contributed by atoms with Crippen LogP contribution >= 0.6 is 0 Å². The lowest BCUT2D eigenvalue weighted by Crippen LogP contribution is -2.36. The Bertz CT molecular complexity index is 226. The second-order valence-electron chi connectivity index (χ2n) is 3.06. The van der Waals surface area contributed by atoms with Crippen LogP contribution in [-0.4, -0.2) is 24.3 Å². The Morgan fingerprint density at radius 1 is 1.31 bits per heavy atom. The summed E-state index contributed by atoms with van der Waals surface area (Å²) in [5.41, 5.74) is 6.75. The SMILES string of the molecule is NC(CO)CNCc1ccccc1. The molecule has 0 bridgehead atoms. The van der Waals surface area contributed by atoms with Crippen LogP contribution in [0.3, 0.4) is 0 Å². The van der Waals surface area contributed by atoms with Gasteiger partial charge in [-0.1, -0.05) is 30.3 Å². The van der Waals surface area contributed by atoms with Crippen molar-refractivity contribution >= 4 is 0 Å². The Labute approximate surface area is 78.6 Å². The molecule has 0 amide bonds. The predicted molar refractivity (Wildman–Crippen MR) is 53.2 cm³/mol. The van der Waals surface area contributed by atoms with Gasteiger partial charge in [0.1, 0.15) is 0 Å². The average molecular weight is 180 g/mol. The Morgan fingerprint density at radius 3 is 2.62 bits per heavy atom. The molecule has 3 heteroatoms. The van der Waals surface area contributed by atoms with Crippen molar-refractivity contribution in [1.29, 1.82) is 0 Å². The van der Waals surface area contributed by atoms with Crippen LogP contribution in [0.25, 0.3) is 0 Å². The first kappa shape index (κ1) is 10.2. The van der Waals surface area contributed by atoms with Crippen molar-refractivity contribution in [3.05, 3.63) is 35.9 Å². The molecule has 0 aliphatic rings. The van der Waals surface area contributed by atoms with E-state index in [0.29, 0.717) is 6.54 Å². The summed E-state index contributed by atoms with van der Waals surface area (Å²) in [5, 5.41) is 11.8. The molecule has 0 aliphatic carbocycles. The van der Waals surface area contributed by atoms with E-state index in [1.807, 2.05) is 18.2 Å². The van der Waals surface area contributed by atoms with E-state index in [9.17, 15) is 0 Å². The van der Waals surface area contributed by atoms with Gasteiger partial charge in [0.2, 0.25) is 0 Å². The summed E-state index contributed by atoms with van der Waals surface area (Å²) in [7, 11) is 0. The molecule has 1 aromatic rings. The lowest BCUT2D eigenvalue weighted by atomic mass is 10.2. The van der Waals surface area contributed by atoms with Crippen molar-refractivity contribution < 1.29 is 5.11 Å². The van der Waals surface area contributed by atoms with Crippen molar-refractivity contribution in [2.45, 2.75) is 12.6 Å². The van der Waals surface area contributed by atoms with Crippen LogP contribution in [0.5, 0.6) is 0 Å². The summed E-state index contributed by atoms with van der Waals surface area (Å²) < 4.78 is 0. The Morgan fingerprint density at radius 2 is 2.00 bits per heavy atom. The zero-order chi connectivity index (χ0) is 9.52. The van der Waals surface area contributed by atoms with Crippen LogP contribution < -0.4 is 11.1 Å². The highest BCUT2D eigenvalue weighted by molar-refractivity contribution is 5.14. The molecule has 1 unspecified atom stereocenters. The fourth-order valence-corrected chi connectivity index (χ4v) is 1.06. The van der Waals surface area contributed by atoms with Crippen molar-refractivity contribution in [3.8, 4) is 0 Å². The van der Waals surface area contributed by atoms with Crippen molar-refractivity contribution in [2.75, 3.05) is 13.2 Å². The molecule has 0 aliphatic heterocycles. The number of hydrogen-bond acceptors (Lipinski definition) is 3. The molecule has 1 atom stereocenters. The normalized spacial score (nSPS) is 12.8. The zero-order valence-corrected chi connectivity index (χ0v) is 7.61. The third-order valence-electron chi connectivity index (χ3n) is 1.81. The number of rotatable bonds is 5. The van der Waals surface area contributed by atoms with E-state index in [1.165, 1.54) is 5.56 Å². The van der Waals surface area contributed by atoms with Gasteiger partial charge in [0.25, 0.3) is 0 Å². The summed E-state index contributed by atoms with van der Waals surface area (Å²) in [4.78, 5) is 0. The number of aliphatic hydroxyl groups is 1. The van der Waals surface area contributed by atoms with Gasteiger partial charge in [-0.2, -0.15) is 0 Å². The molecule has 72 valence electrons. The summed E-state index contributed by atoms with van der Waals surface area (Å²) in [6.07, 6.45) is 0. The monoisotopic (exact) mass is 180 g/mol. The molecule has 0 saturated carbocycles. The molecular weight excluding hydrogens is 164 g/mol. The van der Waals surface area contributed by atoms with E-state index in [1.54, 1.807) is 0 Å². The molecule has 1 rings (SSSR count). The molecule has 0 saturated heterocycles. The van der Waals surface area contributed by atoms with Gasteiger partial charge in [-0.3, -0.25) is 0 Å². The highest BCUT2D eigenvalue weighted by atomic mass is 16.3. The molecule has 13 heavy (non-hydrogen) atoms. The first-order chi connectivity index (χ1) is 6.33. The fourth-order valence-electron chi connectivity index (χ4n) is 1.06.